The third-order valence-electron chi connectivity index (χ3n) is 5.74. The highest BCUT2D eigenvalue weighted by molar-refractivity contribution is 7.99. The summed E-state index contributed by atoms with van der Waals surface area (Å²) in [4.78, 5) is 27.5. The van der Waals surface area contributed by atoms with Crippen LogP contribution in [0.4, 0.5) is 22.7 Å². The third-order valence-corrected chi connectivity index (χ3v) is 6.29. The lowest BCUT2D eigenvalue weighted by molar-refractivity contribution is -0.384. The van der Waals surface area contributed by atoms with E-state index in [1.54, 1.807) is 12.1 Å². The molecule has 0 saturated carbocycles. The molecule has 2 heterocycles. The van der Waals surface area contributed by atoms with Crippen molar-refractivity contribution in [3.8, 4) is 0 Å². The molecule has 0 spiro atoms. The van der Waals surface area contributed by atoms with Crippen molar-refractivity contribution >= 4 is 40.4 Å². The minimum Gasteiger partial charge on any atom is -0.363 e. The van der Waals surface area contributed by atoms with Gasteiger partial charge in [0.1, 0.15) is 0 Å². The fourth-order valence-corrected chi connectivity index (χ4v) is 4.77. The molecule has 0 bridgehead atoms. The van der Waals surface area contributed by atoms with Crippen molar-refractivity contribution < 1.29 is 9.72 Å². The summed E-state index contributed by atoms with van der Waals surface area (Å²) in [6.45, 7) is 0.780. The van der Waals surface area contributed by atoms with Gasteiger partial charge in [-0.25, -0.2) is 0 Å². The molecule has 2 aromatic carbocycles. The van der Waals surface area contributed by atoms with Gasteiger partial charge in [-0.15, -0.1) is 0 Å². The molecule has 152 valence electrons. The lowest BCUT2D eigenvalue weighted by atomic mass is 9.90. The number of thioether (sulfide) groups is 1. The lowest BCUT2D eigenvalue weighted by Gasteiger charge is -2.41. The van der Waals surface area contributed by atoms with Gasteiger partial charge in [0.05, 0.1) is 28.1 Å². The van der Waals surface area contributed by atoms with Crippen molar-refractivity contribution in [2.75, 3.05) is 35.4 Å². The van der Waals surface area contributed by atoms with E-state index in [1.807, 2.05) is 36.4 Å². The fraction of sp³-hybridized carbons (Fsp3) is 0.381. The van der Waals surface area contributed by atoms with Crippen LogP contribution >= 0.6 is 11.8 Å². The molecular weight excluding hydrogens is 388 g/mol. The predicted molar refractivity (Wildman–Crippen MR) is 117 cm³/mol. The standard InChI is InChI=1S/C21H24N4O3S/c1-23-17-6-4-3-5-16(17)19-11-14(22-21(26)13-29-2)9-10-24(19)18-8-7-15(25(27)28)12-20(18)23/h3-8,12,14,19H,9-11,13H2,1-2H3,(H,22,26)/t14-,19+/m0/s1. The predicted octanol–water partition coefficient (Wildman–Crippen LogP) is 3.87. The van der Waals surface area contributed by atoms with Crippen LogP contribution < -0.4 is 15.1 Å². The average Bonchev–Trinajstić information content (AvgIpc) is 2.82. The highest BCUT2D eigenvalue weighted by Gasteiger charge is 2.36. The maximum absolute atomic E-state index is 12.1. The molecule has 2 aromatic rings. The highest BCUT2D eigenvalue weighted by Crippen LogP contribution is 2.48. The SMILES string of the molecule is CSCC(=O)N[C@H]1CCN2c3ccc([N+](=O)[O-])cc3N(C)c3ccccc3[C@H]2C1. The first-order valence-corrected chi connectivity index (χ1v) is 11.0. The molecule has 2 aliphatic rings. The zero-order chi connectivity index (χ0) is 20.5. The monoisotopic (exact) mass is 412 g/mol. The second-order valence-electron chi connectivity index (χ2n) is 7.48. The molecule has 2 aliphatic heterocycles. The van der Waals surface area contributed by atoms with Gasteiger partial charge in [-0.3, -0.25) is 14.9 Å². The van der Waals surface area contributed by atoms with Crippen LogP contribution in [0.5, 0.6) is 0 Å². The van der Waals surface area contributed by atoms with Crippen LogP contribution in [-0.4, -0.2) is 42.5 Å². The second-order valence-corrected chi connectivity index (χ2v) is 8.35. The quantitative estimate of drug-likeness (QED) is 0.607. The molecule has 29 heavy (non-hydrogen) atoms. The number of carbonyl (C=O) groups excluding carboxylic acids is 1. The van der Waals surface area contributed by atoms with Crippen LogP contribution in [0.2, 0.25) is 0 Å². The van der Waals surface area contributed by atoms with E-state index in [4.69, 9.17) is 0 Å². The number of nitrogens with one attached hydrogen (secondary N) is 1. The van der Waals surface area contributed by atoms with E-state index in [2.05, 4.69) is 22.3 Å². The second kappa shape index (κ2) is 7.94. The molecule has 1 N–H and O–H groups in total. The minimum absolute atomic E-state index is 0.0750. The maximum Gasteiger partial charge on any atom is 0.271 e. The number of fused-ring (bicyclic) bond motifs is 5. The summed E-state index contributed by atoms with van der Waals surface area (Å²) in [5, 5.41) is 14.5. The number of hydrogen-bond donors (Lipinski definition) is 1. The van der Waals surface area contributed by atoms with Crippen molar-refractivity contribution in [2.24, 2.45) is 0 Å². The zero-order valence-electron chi connectivity index (χ0n) is 16.5. The maximum atomic E-state index is 12.1. The summed E-state index contributed by atoms with van der Waals surface area (Å²) >= 11 is 1.52. The Bertz CT molecular complexity index is 951. The first-order valence-electron chi connectivity index (χ1n) is 9.65. The number of carbonyl (C=O) groups is 1. The zero-order valence-corrected chi connectivity index (χ0v) is 17.3. The number of benzene rings is 2. The average molecular weight is 413 g/mol. The number of para-hydroxylation sites is 1. The van der Waals surface area contributed by atoms with Gasteiger partial charge in [0.2, 0.25) is 5.91 Å². The van der Waals surface area contributed by atoms with Gasteiger partial charge in [0, 0.05) is 37.5 Å². The number of non-ortho nitro benzene ring substituents is 1. The van der Waals surface area contributed by atoms with Crippen LogP contribution in [0, 0.1) is 10.1 Å². The van der Waals surface area contributed by atoms with Crippen molar-refractivity contribution in [1.29, 1.82) is 0 Å². The van der Waals surface area contributed by atoms with Gasteiger partial charge in [0.15, 0.2) is 0 Å². The highest BCUT2D eigenvalue weighted by atomic mass is 32.2. The number of rotatable bonds is 4. The van der Waals surface area contributed by atoms with Crippen LogP contribution in [-0.2, 0) is 4.79 Å². The normalized spacial score (nSPS) is 20.2. The molecule has 4 rings (SSSR count). The van der Waals surface area contributed by atoms with E-state index in [9.17, 15) is 14.9 Å². The van der Waals surface area contributed by atoms with Gasteiger partial charge in [0.25, 0.3) is 5.69 Å². The topological polar surface area (TPSA) is 78.7 Å². The van der Waals surface area contributed by atoms with Crippen LogP contribution in [0.15, 0.2) is 42.5 Å². The van der Waals surface area contributed by atoms with Crippen LogP contribution in [0.3, 0.4) is 0 Å². The molecule has 1 amide bonds. The van der Waals surface area contributed by atoms with Gasteiger partial charge in [-0.05, 0) is 36.8 Å². The minimum atomic E-state index is -0.351. The Morgan fingerprint density at radius 2 is 2.03 bits per heavy atom. The van der Waals surface area contributed by atoms with Crippen LogP contribution in [0.1, 0.15) is 24.4 Å². The van der Waals surface area contributed by atoms with Gasteiger partial charge in [-0.2, -0.15) is 11.8 Å². The van der Waals surface area contributed by atoms with E-state index in [1.165, 1.54) is 17.3 Å². The Kier molecular flexibility index (Phi) is 5.36. The van der Waals surface area contributed by atoms with Crippen LogP contribution in [0.25, 0.3) is 0 Å². The Hall–Kier alpha value is -2.74. The van der Waals surface area contributed by atoms with Gasteiger partial charge < -0.3 is 15.1 Å². The van der Waals surface area contributed by atoms with E-state index in [0.29, 0.717) is 5.75 Å². The summed E-state index contributed by atoms with van der Waals surface area (Å²) in [7, 11) is 1.96. The summed E-state index contributed by atoms with van der Waals surface area (Å²) in [6.07, 6.45) is 3.58. The first-order chi connectivity index (χ1) is 14.0. The number of amides is 1. The summed E-state index contributed by atoms with van der Waals surface area (Å²) in [6, 6.07) is 13.5. The van der Waals surface area contributed by atoms with Gasteiger partial charge >= 0.3 is 0 Å². The number of nitro groups is 1. The Morgan fingerprint density at radius 3 is 2.79 bits per heavy atom. The molecule has 0 aliphatic carbocycles. The molecule has 1 fully saturated rings. The number of anilines is 3. The Balaban J connectivity index is 1.75. The largest absolute Gasteiger partial charge is 0.363 e. The van der Waals surface area contributed by atoms with E-state index >= 15 is 0 Å². The number of nitrogens with zero attached hydrogens (tertiary/aromatic N) is 3. The molecule has 1 saturated heterocycles. The van der Waals surface area contributed by atoms with E-state index in [-0.39, 0.29) is 28.6 Å². The Morgan fingerprint density at radius 1 is 1.24 bits per heavy atom. The van der Waals surface area contributed by atoms with Crippen molar-refractivity contribution in [3.63, 3.8) is 0 Å². The lowest BCUT2D eigenvalue weighted by Crippen LogP contribution is -2.46. The summed E-state index contributed by atoms with van der Waals surface area (Å²) in [5.74, 6) is 0.544. The van der Waals surface area contributed by atoms with Crippen molar-refractivity contribution in [3.05, 3.63) is 58.1 Å². The first kappa shape index (κ1) is 19.6. The molecule has 0 unspecified atom stereocenters. The smallest absolute Gasteiger partial charge is 0.271 e. The Labute approximate surface area is 174 Å². The molecule has 7 nitrogen and oxygen atoms in total. The molecule has 0 aromatic heterocycles. The molecule has 2 atom stereocenters. The summed E-state index contributed by atoms with van der Waals surface area (Å²) < 4.78 is 0. The molecule has 0 radical (unpaired) electrons. The molecular formula is C21H24N4O3S. The van der Waals surface area contributed by atoms with Gasteiger partial charge in [-0.1, -0.05) is 18.2 Å². The van der Waals surface area contributed by atoms with E-state index in [0.717, 1.165) is 36.4 Å². The third kappa shape index (κ3) is 3.64. The molecule has 8 heteroatoms. The fourth-order valence-electron chi connectivity index (χ4n) is 4.42. The van der Waals surface area contributed by atoms with Crippen molar-refractivity contribution in [1.82, 2.24) is 5.32 Å². The van der Waals surface area contributed by atoms with E-state index < -0.39 is 0 Å². The number of nitro benzene ring substituents is 1. The number of piperidine rings is 1. The summed E-state index contributed by atoms with van der Waals surface area (Å²) in [5.41, 5.74) is 4.13. The number of hydrogen-bond acceptors (Lipinski definition) is 6. The van der Waals surface area contributed by atoms with Crippen molar-refractivity contribution in [2.45, 2.75) is 24.9 Å².